The summed E-state index contributed by atoms with van der Waals surface area (Å²) in [6.45, 7) is 0. The number of nitrogens with zero attached hydrogens (tertiary/aromatic N) is 1. The van der Waals surface area contributed by atoms with Gasteiger partial charge in [0.1, 0.15) is 5.75 Å². The highest BCUT2D eigenvalue weighted by Crippen LogP contribution is 2.42. The second-order valence-corrected chi connectivity index (χ2v) is 5.18. The first-order valence-corrected chi connectivity index (χ1v) is 6.06. The summed E-state index contributed by atoms with van der Waals surface area (Å²) in [4.78, 5) is 5.48. The molecule has 0 amide bonds. The summed E-state index contributed by atoms with van der Waals surface area (Å²) in [5, 5.41) is 10.5. The van der Waals surface area contributed by atoms with Crippen molar-refractivity contribution in [1.29, 1.82) is 0 Å². The smallest absolute Gasteiger partial charge is 0.116 e. The molecule has 3 nitrogen and oxygen atoms in total. The zero-order valence-corrected chi connectivity index (χ0v) is 9.45. The Kier molecular flexibility index (Phi) is 2.19. The van der Waals surface area contributed by atoms with Gasteiger partial charge in [0.05, 0.1) is 9.88 Å². The third-order valence-corrected chi connectivity index (χ3v) is 3.99. The van der Waals surface area contributed by atoms with E-state index in [4.69, 9.17) is 5.73 Å². The quantitative estimate of drug-likeness (QED) is 0.835. The van der Waals surface area contributed by atoms with Gasteiger partial charge in [-0.25, -0.2) is 4.98 Å². The van der Waals surface area contributed by atoms with Crippen LogP contribution in [0.15, 0.2) is 30.5 Å². The molecule has 1 heterocycles. The molecule has 0 aliphatic heterocycles. The number of rotatable bonds is 2. The molecular formula is C12H12N2OS. The van der Waals surface area contributed by atoms with Crippen LogP contribution < -0.4 is 5.73 Å². The minimum atomic E-state index is 0.288. The number of aromatic hydroxyl groups is 1. The van der Waals surface area contributed by atoms with Crippen LogP contribution in [-0.2, 0) is 0 Å². The largest absolute Gasteiger partial charge is 0.508 e. The maximum absolute atomic E-state index is 9.41. The summed E-state index contributed by atoms with van der Waals surface area (Å²) in [5.41, 5.74) is 6.81. The Morgan fingerprint density at radius 2 is 2.25 bits per heavy atom. The van der Waals surface area contributed by atoms with Gasteiger partial charge in [0, 0.05) is 18.2 Å². The fourth-order valence-corrected chi connectivity index (χ4v) is 2.85. The Hall–Kier alpha value is -1.39. The zero-order valence-electron chi connectivity index (χ0n) is 8.63. The zero-order chi connectivity index (χ0) is 11.1. The second kappa shape index (κ2) is 3.57. The van der Waals surface area contributed by atoms with Crippen LogP contribution in [0.3, 0.4) is 0 Å². The lowest BCUT2D eigenvalue weighted by atomic mass is 10.2. The van der Waals surface area contributed by atoms with E-state index in [0.29, 0.717) is 12.0 Å². The van der Waals surface area contributed by atoms with E-state index < -0.39 is 0 Å². The molecule has 1 aliphatic rings. The molecule has 82 valence electrons. The van der Waals surface area contributed by atoms with Crippen LogP contribution in [0, 0.1) is 0 Å². The van der Waals surface area contributed by atoms with Crippen LogP contribution >= 0.6 is 11.3 Å². The van der Waals surface area contributed by atoms with E-state index >= 15 is 0 Å². The molecule has 0 unspecified atom stereocenters. The van der Waals surface area contributed by atoms with Crippen molar-refractivity contribution in [3.63, 3.8) is 0 Å². The number of benzene rings is 1. The van der Waals surface area contributed by atoms with E-state index in [1.54, 1.807) is 23.5 Å². The Bertz CT molecular complexity index is 523. The molecule has 0 saturated heterocycles. The van der Waals surface area contributed by atoms with Gasteiger partial charge in [-0.3, -0.25) is 0 Å². The molecule has 1 aromatic heterocycles. The van der Waals surface area contributed by atoms with E-state index in [9.17, 15) is 5.11 Å². The molecule has 4 heteroatoms. The molecule has 1 aliphatic carbocycles. The van der Waals surface area contributed by atoms with Gasteiger partial charge >= 0.3 is 0 Å². The summed E-state index contributed by atoms with van der Waals surface area (Å²) in [6, 6.07) is 7.53. The molecule has 0 radical (unpaired) electrons. The van der Waals surface area contributed by atoms with Gasteiger partial charge in [-0.05, 0) is 24.1 Å². The van der Waals surface area contributed by atoms with Crippen molar-refractivity contribution in [2.75, 3.05) is 0 Å². The maximum Gasteiger partial charge on any atom is 0.116 e. The molecule has 1 saturated carbocycles. The number of phenols is 1. The topological polar surface area (TPSA) is 59.1 Å². The molecule has 16 heavy (non-hydrogen) atoms. The monoisotopic (exact) mass is 232 g/mol. The first kappa shape index (κ1) is 9.81. The SMILES string of the molecule is N[C@H]1C[C@@H]1c1ncc(-c2cccc(O)c2)s1. The standard InChI is InChI=1S/C12H12N2OS/c13-10-5-9(10)12-14-6-11(16-12)7-2-1-3-8(15)4-7/h1-4,6,9-10,15H,5,13H2/t9-,10-/m0/s1. The third kappa shape index (κ3) is 1.70. The van der Waals surface area contributed by atoms with Gasteiger partial charge in [0.25, 0.3) is 0 Å². The van der Waals surface area contributed by atoms with Crippen LogP contribution in [0.5, 0.6) is 5.75 Å². The average molecular weight is 232 g/mol. The second-order valence-electron chi connectivity index (χ2n) is 4.12. The number of hydrogen-bond donors (Lipinski definition) is 2. The number of phenolic OH excluding ortho intramolecular Hbond substituents is 1. The van der Waals surface area contributed by atoms with Crippen molar-refractivity contribution < 1.29 is 5.11 Å². The van der Waals surface area contributed by atoms with Crippen LogP contribution in [0.25, 0.3) is 10.4 Å². The molecule has 1 aromatic carbocycles. The van der Waals surface area contributed by atoms with Crippen LogP contribution in [0.1, 0.15) is 17.3 Å². The number of thiazole rings is 1. The highest BCUT2D eigenvalue weighted by Gasteiger charge is 2.37. The van der Waals surface area contributed by atoms with Crippen molar-refractivity contribution in [2.45, 2.75) is 18.4 Å². The summed E-state index contributed by atoms with van der Waals surface area (Å²) < 4.78 is 0. The highest BCUT2D eigenvalue weighted by atomic mass is 32.1. The normalized spacial score (nSPS) is 23.3. The van der Waals surface area contributed by atoms with E-state index in [1.807, 2.05) is 18.3 Å². The molecule has 1 fully saturated rings. The summed E-state index contributed by atoms with van der Waals surface area (Å²) >= 11 is 1.67. The molecule has 2 aromatic rings. The molecule has 2 atom stereocenters. The van der Waals surface area contributed by atoms with Crippen LogP contribution in [0.2, 0.25) is 0 Å². The van der Waals surface area contributed by atoms with E-state index in [0.717, 1.165) is 21.9 Å². The maximum atomic E-state index is 9.41. The Morgan fingerprint density at radius 3 is 2.94 bits per heavy atom. The van der Waals surface area contributed by atoms with Gasteiger partial charge in [0.15, 0.2) is 0 Å². The van der Waals surface area contributed by atoms with Gasteiger partial charge in [-0.2, -0.15) is 0 Å². The molecule has 0 bridgehead atoms. The predicted molar refractivity (Wildman–Crippen MR) is 64.5 cm³/mol. The van der Waals surface area contributed by atoms with Crippen LogP contribution in [-0.4, -0.2) is 16.1 Å². The molecular weight excluding hydrogens is 220 g/mol. The first-order valence-electron chi connectivity index (χ1n) is 5.25. The lowest BCUT2D eigenvalue weighted by Crippen LogP contribution is -2.00. The first-order chi connectivity index (χ1) is 7.74. The van der Waals surface area contributed by atoms with E-state index in [1.165, 1.54) is 0 Å². The number of nitrogens with two attached hydrogens (primary N) is 1. The predicted octanol–water partition coefficient (Wildman–Crippen LogP) is 2.33. The molecule has 0 spiro atoms. The van der Waals surface area contributed by atoms with Crippen molar-refractivity contribution in [2.24, 2.45) is 5.73 Å². The number of aromatic nitrogens is 1. The Balaban J connectivity index is 1.92. The van der Waals surface area contributed by atoms with Crippen molar-refractivity contribution in [3.8, 4) is 16.2 Å². The van der Waals surface area contributed by atoms with Crippen molar-refractivity contribution in [3.05, 3.63) is 35.5 Å². The summed E-state index contributed by atoms with van der Waals surface area (Å²) in [7, 11) is 0. The lowest BCUT2D eigenvalue weighted by Gasteiger charge is -1.96. The van der Waals surface area contributed by atoms with Gasteiger partial charge in [0.2, 0.25) is 0 Å². The third-order valence-electron chi connectivity index (χ3n) is 2.81. The van der Waals surface area contributed by atoms with Gasteiger partial charge in [-0.1, -0.05) is 12.1 Å². The Morgan fingerprint density at radius 1 is 1.44 bits per heavy atom. The van der Waals surface area contributed by atoms with Crippen LogP contribution in [0.4, 0.5) is 0 Å². The van der Waals surface area contributed by atoms with Crippen molar-refractivity contribution in [1.82, 2.24) is 4.98 Å². The lowest BCUT2D eigenvalue weighted by molar-refractivity contribution is 0.475. The van der Waals surface area contributed by atoms with E-state index in [-0.39, 0.29) is 5.75 Å². The summed E-state index contributed by atoms with van der Waals surface area (Å²) in [5.74, 6) is 0.742. The number of hydrogen-bond acceptors (Lipinski definition) is 4. The summed E-state index contributed by atoms with van der Waals surface area (Å²) in [6.07, 6.45) is 2.91. The van der Waals surface area contributed by atoms with Gasteiger partial charge in [-0.15, -0.1) is 11.3 Å². The average Bonchev–Trinajstić information content (AvgIpc) is 2.81. The fourth-order valence-electron chi connectivity index (χ4n) is 1.75. The van der Waals surface area contributed by atoms with Crippen molar-refractivity contribution >= 4 is 11.3 Å². The fraction of sp³-hybridized carbons (Fsp3) is 0.250. The minimum absolute atomic E-state index is 0.288. The minimum Gasteiger partial charge on any atom is -0.508 e. The van der Waals surface area contributed by atoms with Gasteiger partial charge < -0.3 is 10.8 Å². The van der Waals surface area contributed by atoms with E-state index in [2.05, 4.69) is 4.98 Å². The highest BCUT2D eigenvalue weighted by molar-refractivity contribution is 7.15. The Labute approximate surface area is 97.6 Å². The molecule has 3 N–H and O–H groups in total. The molecule has 3 rings (SSSR count).